The van der Waals surface area contributed by atoms with Crippen LogP contribution in [0.15, 0.2) is 102 Å². The standard InChI is InChI=1S/C31H26N2O3/c1-3-27(32-36-31(35)22-13-9-6-10-14-22)23-15-17-28-25(19-23)26-20-24(16-18-29(26)33(28)4-2)30(34)21-11-7-5-8-12-21/h5-20H,3-4H2,1-2H3/b32-27+. The van der Waals surface area contributed by atoms with Crippen molar-refractivity contribution in [2.24, 2.45) is 5.16 Å². The molecule has 4 aromatic carbocycles. The fourth-order valence-electron chi connectivity index (χ4n) is 4.57. The average Bonchev–Trinajstić information content (AvgIpc) is 3.26. The lowest BCUT2D eigenvalue weighted by Gasteiger charge is -2.06. The third-order valence-corrected chi connectivity index (χ3v) is 6.40. The lowest BCUT2D eigenvalue weighted by Crippen LogP contribution is -2.05. The fraction of sp³-hybridized carbons (Fsp3) is 0.129. The first-order valence-electron chi connectivity index (χ1n) is 12.1. The van der Waals surface area contributed by atoms with E-state index in [1.807, 2.05) is 67.6 Å². The average molecular weight is 475 g/mol. The minimum Gasteiger partial charge on any atom is -0.341 e. The topological polar surface area (TPSA) is 60.7 Å². The maximum absolute atomic E-state index is 13.1. The zero-order valence-electron chi connectivity index (χ0n) is 20.3. The molecule has 0 saturated heterocycles. The molecule has 5 rings (SSSR count). The summed E-state index contributed by atoms with van der Waals surface area (Å²) in [6, 6.07) is 30.2. The summed E-state index contributed by atoms with van der Waals surface area (Å²) < 4.78 is 2.24. The van der Waals surface area contributed by atoms with Gasteiger partial charge in [-0.25, -0.2) is 4.79 Å². The SMILES string of the molecule is CC/C(=N\OC(=O)c1ccccc1)c1ccc2c(c1)c1cc(C(=O)c3ccccc3)ccc1n2CC. The number of aromatic nitrogens is 1. The minimum absolute atomic E-state index is 0.00492. The Morgan fingerprint density at radius 2 is 1.25 bits per heavy atom. The van der Waals surface area contributed by atoms with Gasteiger partial charge in [0.05, 0.1) is 11.3 Å². The lowest BCUT2D eigenvalue weighted by molar-refractivity contribution is 0.0515. The van der Waals surface area contributed by atoms with E-state index in [1.54, 1.807) is 24.3 Å². The van der Waals surface area contributed by atoms with Crippen LogP contribution in [-0.2, 0) is 11.4 Å². The second-order valence-corrected chi connectivity index (χ2v) is 8.54. The van der Waals surface area contributed by atoms with Crippen molar-refractivity contribution in [3.05, 3.63) is 119 Å². The number of hydrogen-bond donors (Lipinski definition) is 0. The maximum Gasteiger partial charge on any atom is 0.365 e. The molecule has 5 aromatic rings. The highest BCUT2D eigenvalue weighted by Gasteiger charge is 2.16. The van der Waals surface area contributed by atoms with Crippen molar-refractivity contribution in [3.8, 4) is 0 Å². The molecule has 0 aliphatic heterocycles. The van der Waals surface area contributed by atoms with Crippen LogP contribution in [0.5, 0.6) is 0 Å². The van der Waals surface area contributed by atoms with Gasteiger partial charge in [-0.3, -0.25) is 4.79 Å². The summed E-state index contributed by atoms with van der Waals surface area (Å²) in [6.07, 6.45) is 0.595. The molecule has 0 radical (unpaired) electrons. The number of hydrogen-bond acceptors (Lipinski definition) is 4. The van der Waals surface area contributed by atoms with E-state index in [-0.39, 0.29) is 5.78 Å². The molecule has 0 atom stereocenters. The van der Waals surface area contributed by atoms with E-state index in [9.17, 15) is 9.59 Å². The first-order valence-corrected chi connectivity index (χ1v) is 12.1. The Morgan fingerprint density at radius 3 is 1.83 bits per heavy atom. The molecule has 0 spiro atoms. The van der Waals surface area contributed by atoms with Crippen LogP contribution in [0.2, 0.25) is 0 Å². The monoisotopic (exact) mass is 474 g/mol. The van der Waals surface area contributed by atoms with E-state index >= 15 is 0 Å². The number of benzene rings is 4. The summed E-state index contributed by atoms with van der Waals surface area (Å²) in [5, 5.41) is 6.23. The molecule has 178 valence electrons. The molecule has 0 bridgehead atoms. The van der Waals surface area contributed by atoms with E-state index in [0.717, 1.165) is 33.9 Å². The molecule has 1 heterocycles. The van der Waals surface area contributed by atoms with Crippen molar-refractivity contribution in [1.29, 1.82) is 0 Å². The fourth-order valence-corrected chi connectivity index (χ4v) is 4.57. The molecule has 0 aliphatic rings. The Hall–Kier alpha value is -4.51. The number of fused-ring (bicyclic) bond motifs is 3. The number of rotatable bonds is 7. The Morgan fingerprint density at radius 1 is 0.694 bits per heavy atom. The summed E-state index contributed by atoms with van der Waals surface area (Å²) in [6.45, 7) is 4.89. The lowest BCUT2D eigenvalue weighted by atomic mass is 10.00. The van der Waals surface area contributed by atoms with Crippen LogP contribution in [-0.4, -0.2) is 22.0 Å². The van der Waals surface area contributed by atoms with Gasteiger partial charge in [0.1, 0.15) is 0 Å². The van der Waals surface area contributed by atoms with Crippen LogP contribution in [0.1, 0.15) is 52.1 Å². The highest BCUT2D eigenvalue weighted by molar-refractivity contribution is 6.16. The van der Waals surface area contributed by atoms with Gasteiger partial charge in [-0.15, -0.1) is 0 Å². The van der Waals surface area contributed by atoms with Gasteiger partial charge >= 0.3 is 5.97 Å². The molecule has 0 unspecified atom stereocenters. The van der Waals surface area contributed by atoms with E-state index in [0.29, 0.717) is 28.8 Å². The predicted octanol–water partition coefficient (Wildman–Crippen LogP) is 7.02. The second-order valence-electron chi connectivity index (χ2n) is 8.54. The smallest absolute Gasteiger partial charge is 0.341 e. The van der Waals surface area contributed by atoms with Crippen molar-refractivity contribution in [2.45, 2.75) is 26.8 Å². The van der Waals surface area contributed by atoms with Gasteiger partial charge in [-0.2, -0.15) is 0 Å². The number of nitrogens with zero attached hydrogens (tertiary/aromatic N) is 2. The number of ketones is 1. The van der Waals surface area contributed by atoms with E-state index < -0.39 is 5.97 Å². The molecular weight excluding hydrogens is 448 g/mol. The summed E-state index contributed by atoms with van der Waals surface area (Å²) in [4.78, 5) is 30.8. The van der Waals surface area contributed by atoms with Gasteiger partial charge in [-0.05, 0) is 55.8 Å². The molecule has 0 saturated carbocycles. The van der Waals surface area contributed by atoms with E-state index in [2.05, 4.69) is 28.8 Å². The summed E-state index contributed by atoms with van der Waals surface area (Å²) in [7, 11) is 0. The van der Waals surface area contributed by atoms with Crippen LogP contribution in [0.4, 0.5) is 0 Å². The van der Waals surface area contributed by atoms with Gasteiger partial charge in [0.15, 0.2) is 5.78 Å². The van der Waals surface area contributed by atoms with Crippen LogP contribution < -0.4 is 0 Å². The molecule has 0 N–H and O–H groups in total. The number of carbonyl (C=O) groups is 2. The largest absolute Gasteiger partial charge is 0.365 e. The highest BCUT2D eigenvalue weighted by Crippen LogP contribution is 2.31. The number of carbonyl (C=O) groups excluding carboxylic acids is 2. The van der Waals surface area contributed by atoms with Crippen LogP contribution in [0.25, 0.3) is 21.8 Å². The van der Waals surface area contributed by atoms with Crippen LogP contribution >= 0.6 is 0 Å². The minimum atomic E-state index is -0.491. The molecule has 0 amide bonds. The van der Waals surface area contributed by atoms with Gasteiger partial charge in [-0.1, -0.05) is 66.7 Å². The highest BCUT2D eigenvalue weighted by atomic mass is 16.7. The molecule has 0 fully saturated rings. The number of aryl methyl sites for hydroxylation is 1. The summed E-state index contributed by atoms with van der Waals surface area (Å²) in [5.74, 6) is -0.496. The Balaban J connectivity index is 1.56. The van der Waals surface area contributed by atoms with Gasteiger partial charge in [0.2, 0.25) is 0 Å². The second kappa shape index (κ2) is 10.0. The third-order valence-electron chi connectivity index (χ3n) is 6.40. The Labute approximate surface area is 209 Å². The van der Waals surface area contributed by atoms with E-state index in [4.69, 9.17) is 4.84 Å². The first-order chi connectivity index (χ1) is 17.6. The van der Waals surface area contributed by atoms with Crippen molar-refractivity contribution >= 4 is 39.3 Å². The summed E-state index contributed by atoms with van der Waals surface area (Å²) >= 11 is 0. The van der Waals surface area contributed by atoms with Crippen LogP contribution in [0, 0.1) is 0 Å². The predicted molar refractivity (Wildman–Crippen MR) is 144 cm³/mol. The number of oxime groups is 1. The Bertz CT molecular complexity index is 1600. The molecule has 1 aromatic heterocycles. The van der Waals surface area contributed by atoms with Crippen molar-refractivity contribution in [1.82, 2.24) is 4.57 Å². The van der Waals surface area contributed by atoms with Crippen molar-refractivity contribution in [3.63, 3.8) is 0 Å². The summed E-state index contributed by atoms with van der Waals surface area (Å²) in [5.41, 5.74) is 5.47. The molecular formula is C31H26N2O3. The molecule has 5 nitrogen and oxygen atoms in total. The molecule has 36 heavy (non-hydrogen) atoms. The van der Waals surface area contributed by atoms with Crippen molar-refractivity contribution in [2.75, 3.05) is 0 Å². The molecule has 0 aliphatic carbocycles. The quantitative estimate of drug-likeness (QED) is 0.110. The van der Waals surface area contributed by atoms with Gasteiger partial charge in [0.25, 0.3) is 0 Å². The maximum atomic E-state index is 13.1. The normalized spacial score (nSPS) is 11.7. The third kappa shape index (κ3) is 4.31. The molecule has 5 heteroatoms. The van der Waals surface area contributed by atoms with Gasteiger partial charge < -0.3 is 9.40 Å². The van der Waals surface area contributed by atoms with Crippen LogP contribution in [0.3, 0.4) is 0 Å². The van der Waals surface area contributed by atoms with Gasteiger partial charge in [0, 0.05) is 45.0 Å². The zero-order chi connectivity index (χ0) is 25.1. The van der Waals surface area contributed by atoms with E-state index in [1.165, 1.54) is 0 Å². The first kappa shape index (κ1) is 23.2. The van der Waals surface area contributed by atoms with Crippen molar-refractivity contribution < 1.29 is 14.4 Å². The zero-order valence-corrected chi connectivity index (χ0v) is 20.3. The Kier molecular flexibility index (Phi) is 6.46.